The number of aromatic nitrogens is 2. The molecule has 0 unspecified atom stereocenters. The van der Waals surface area contributed by atoms with E-state index < -0.39 is 70.6 Å². The summed E-state index contributed by atoms with van der Waals surface area (Å²) < 4.78 is 86.3. The third-order valence-corrected chi connectivity index (χ3v) is 4.43. The number of alkyl halides is 3. The predicted molar refractivity (Wildman–Crippen MR) is 108 cm³/mol. The van der Waals surface area contributed by atoms with E-state index in [1.54, 1.807) is 0 Å². The third kappa shape index (κ3) is 5.41. The maximum Gasteiger partial charge on any atom is 0.417 e. The number of rotatable bonds is 6. The van der Waals surface area contributed by atoms with Crippen molar-refractivity contribution in [2.24, 2.45) is 0 Å². The summed E-state index contributed by atoms with van der Waals surface area (Å²) >= 11 is 5.74. The van der Waals surface area contributed by atoms with Gasteiger partial charge in [-0.1, -0.05) is 11.6 Å². The minimum absolute atomic E-state index is 0.176. The Morgan fingerprint density at radius 2 is 2.00 bits per heavy atom. The maximum atomic E-state index is 13.7. The summed E-state index contributed by atoms with van der Waals surface area (Å²) in [5.74, 6) is -3.98. The molecule has 3 rings (SSSR count). The fraction of sp³-hybridized carbons (Fsp3) is 0.150. The first kappa shape index (κ1) is 20.0. The molecule has 1 aromatic heterocycles. The Labute approximate surface area is 192 Å². The molecular weight excluding hydrogens is 474 g/mol. The van der Waals surface area contributed by atoms with Crippen LogP contribution in [0.2, 0.25) is 5.02 Å². The second kappa shape index (κ2) is 9.46. The van der Waals surface area contributed by atoms with Gasteiger partial charge < -0.3 is 19.9 Å². The van der Waals surface area contributed by atoms with Crippen LogP contribution in [0.25, 0.3) is 0 Å². The lowest BCUT2D eigenvalue weighted by molar-refractivity contribution is -0.137. The van der Waals surface area contributed by atoms with Crippen molar-refractivity contribution < 1.29 is 41.0 Å². The first-order valence-corrected chi connectivity index (χ1v) is 9.12. The highest BCUT2D eigenvalue weighted by Crippen LogP contribution is 2.41. The average Bonchev–Trinajstić information content (AvgIpc) is 2.74. The molecule has 13 heteroatoms. The van der Waals surface area contributed by atoms with Gasteiger partial charge in [0.2, 0.25) is 0 Å². The Morgan fingerprint density at radius 1 is 1.24 bits per heavy atom. The van der Waals surface area contributed by atoms with Crippen LogP contribution in [0.3, 0.4) is 0 Å². The van der Waals surface area contributed by atoms with Crippen LogP contribution < -0.4 is 20.3 Å². The first-order valence-electron chi connectivity index (χ1n) is 10.2. The smallest absolute Gasteiger partial charge is 0.417 e. The zero-order valence-electron chi connectivity index (χ0n) is 19.1. The summed E-state index contributed by atoms with van der Waals surface area (Å²) in [6.07, 6.45) is -3.98. The van der Waals surface area contributed by atoms with Crippen LogP contribution in [0.4, 0.5) is 23.2 Å². The van der Waals surface area contributed by atoms with Crippen molar-refractivity contribution >= 4 is 23.2 Å². The van der Waals surface area contributed by atoms with Gasteiger partial charge in [0, 0.05) is 12.1 Å². The van der Waals surface area contributed by atoms with E-state index in [0.29, 0.717) is 22.9 Å². The van der Waals surface area contributed by atoms with E-state index >= 15 is 0 Å². The fourth-order valence-electron chi connectivity index (χ4n) is 2.60. The van der Waals surface area contributed by atoms with E-state index in [4.69, 9.17) is 25.6 Å². The first-order chi connectivity index (χ1) is 16.7. The van der Waals surface area contributed by atoms with Crippen molar-refractivity contribution in [2.75, 3.05) is 12.4 Å². The van der Waals surface area contributed by atoms with Crippen molar-refractivity contribution in [1.82, 2.24) is 9.78 Å². The van der Waals surface area contributed by atoms with E-state index in [1.165, 1.54) is 0 Å². The molecule has 0 spiro atoms. The molecule has 8 nitrogen and oxygen atoms in total. The number of aliphatic hydroxyl groups is 1. The summed E-state index contributed by atoms with van der Waals surface area (Å²) in [5, 5.41) is 13.9. The maximum absolute atomic E-state index is 13.7. The van der Waals surface area contributed by atoms with Crippen molar-refractivity contribution in [2.45, 2.75) is 12.9 Å². The van der Waals surface area contributed by atoms with Crippen LogP contribution in [0, 0.1) is 5.82 Å². The van der Waals surface area contributed by atoms with Crippen molar-refractivity contribution in [3.8, 4) is 17.2 Å². The van der Waals surface area contributed by atoms with Crippen LogP contribution in [0.5, 0.6) is 17.2 Å². The topological polar surface area (TPSA) is 103 Å². The standard InChI is InChI=1S/C20H14ClF4N3O5/c1-32-17-4-10(22)2-3-15(17)33-16-7-13(20(23,24)25)14(21)6-12(16)19(31)27-11-5-18(30)28(9-29)26-8-11/h2-8,29H,9H2,1H3,(H,27,31)/i1D3. The van der Waals surface area contributed by atoms with Gasteiger partial charge in [-0.3, -0.25) is 9.59 Å². The SMILES string of the molecule is [2H]C([2H])([2H])Oc1cc(F)ccc1Oc1cc(C(F)(F)F)c(Cl)cc1C(=O)Nc1cnn(CO)c(=O)c1. The molecule has 1 heterocycles. The molecule has 0 bridgehead atoms. The normalized spacial score (nSPS) is 13.0. The second-order valence-electron chi connectivity index (χ2n) is 6.30. The number of nitrogens with zero attached hydrogens (tertiary/aromatic N) is 2. The highest BCUT2D eigenvalue weighted by Gasteiger charge is 2.35. The van der Waals surface area contributed by atoms with Crippen molar-refractivity contribution in [1.29, 1.82) is 0 Å². The highest BCUT2D eigenvalue weighted by atomic mass is 35.5. The Bertz CT molecular complexity index is 1370. The lowest BCUT2D eigenvalue weighted by atomic mass is 10.1. The zero-order valence-corrected chi connectivity index (χ0v) is 16.9. The van der Waals surface area contributed by atoms with E-state index in [0.717, 1.165) is 24.4 Å². The quantitative estimate of drug-likeness (QED) is 0.505. The van der Waals surface area contributed by atoms with Gasteiger partial charge in [0.15, 0.2) is 11.5 Å². The number of hydrogen-bond acceptors (Lipinski definition) is 6. The molecule has 0 fully saturated rings. The number of amides is 1. The second-order valence-corrected chi connectivity index (χ2v) is 6.71. The molecule has 174 valence electrons. The Hall–Kier alpha value is -3.64. The molecule has 0 saturated heterocycles. The van der Waals surface area contributed by atoms with Crippen LogP contribution >= 0.6 is 11.6 Å². The fourth-order valence-corrected chi connectivity index (χ4v) is 2.87. The Morgan fingerprint density at radius 3 is 2.64 bits per heavy atom. The van der Waals surface area contributed by atoms with E-state index in [9.17, 15) is 27.2 Å². The van der Waals surface area contributed by atoms with Gasteiger partial charge in [-0.15, -0.1) is 0 Å². The predicted octanol–water partition coefficient (Wildman–Crippen LogP) is 4.06. The average molecular weight is 491 g/mol. The number of carbonyl (C=O) groups excluding carboxylic acids is 1. The molecule has 0 aliphatic heterocycles. The largest absolute Gasteiger partial charge is 0.493 e. The molecule has 0 atom stereocenters. The summed E-state index contributed by atoms with van der Waals surface area (Å²) in [5.41, 5.74) is -2.92. The Balaban J connectivity index is 2.08. The van der Waals surface area contributed by atoms with Crippen LogP contribution in [0.15, 0.2) is 47.4 Å². The van der Waals surface area contributed by atoms with Crippen molar-refractivity contribution in [3.05, 3.63) is 74.9 Å². The van der Waals surface area contributed by atoms with Crippen LogP contribution in [0.1, 0.15) is 20.0 Å². The molecule has 2 aromatic carbocycles. The van der Waals surface area contributed by atoms with Gasteiger partial charge in [0.1, 0.15) is 18.3 Å². The molecule has 0 aliphatic carbocycles. The molecule has 1 amide bonds. The minimum atomic E-state index is -4.97. The molecule has 3 aromatic rings. The van der Waals surface area contributed by atoms with Crippen LogP contribution in [-0.4, -0.2) is 27.8 Å². The number of anilines is 1. The number of hydrogen-bond donors (Lipinski definition) is 2. The molecule has 0 aliphatic rings. The number of benzene rings is 2. The van der Waals surface area contributed by atoms with E-state index in [1.807, 2.05) is 0 Å². The lowest BCUT2D eigenvalue weighted by Gasteiger charge is -2.17. The minimum Gasteiger partial charge on any atom is -0.493 e. The number of ether oxygens (including phenoxy) is 2. The molecule has 33 heavy (non-hydrogen) atoms. The van der Waals surface area contributed by atoms with Gasteiger partial charge in [0.25, 0.3) is 11.5 Å². The summed E-state index contributed by atoms with van der Waals surface area (Å²) in [7, 11) is -3.06. The highest BCUT2D eigenvalue weighted by molar-refractivity contribution is 6.32. The zero-order chi connectivity index (χ0) is 26.8. The van der Waals surface area contributed by atoms with E-state index in [-0.39, 0.29) is 5.69 Å². The molecule has 2 N–H and O–H groups in total. The van der Waals surface area contributed by atoms with Gasteiger partial charge >= 0.3 is 6.18 Å². The summed E-state index contributed by atoms with van der Waals surface area (Å²) in [6, 6.07) is 4.26. The Kier molecular flexibility index (Phi) is 5.74. The number of nitrogens with one attached hydrogen (secondary N) is 1. The number of carbonyl (C=O) groups is 1. The summed E-state index contributed by atoms with van der Waals surface area (Å²) in [4.78, 5) is 24.7. The third-order valence-electron chi connectivity index (χ3n) is 4.12. The van der Waals surface area contributed by atoms with Crippen molar-refractivity contribution in [3.63, 3.8) is 0 Å². The van der Waals surface area contributed by atoms with Gasteiger partial charge in [-0.25, -0.2) is 9.07 Å². The molecular formula is C20H14ClF4N3O5. The number of halogens is 5. The van der Waals surface area contributed by atoms with Gasteiger partial charge in [0.05, 0.1) is 39.2 Å². The van der Waals surface area contributed by atoms with Gasteiger partial charge in [-0.2, -0.15) is 18.3 Å². The summed E-state index contributed by atoms with van der Waals surface area (Å²) in [6.45, 7) is -0.738. The molecule has 0 radical (unpaired) electrons. The number of aliphatic hydroxyl groups excluding tert-OH is 1. The molecule has 0 saturated carbocycles. The van der Waals surface area contributed by atoms with Crippen LogP contribution in [-0.2, 0) is 12.9 Å². The lowest BCUT2D eigenvalue weighted by Crippen LogP contribution is -2.23. The monoisotopic (exact) mass is 490 g/mol. The van der Waals surface area contributed by atoms with Gasteiger partial charge in [-0.05, 0) is 24.3 Å². The number of methoxy groups -OCH3 is 1. The van der Waals surface area contributed by atoms with E-state index in [2.05, 4.69) is 15.2 Å².